The summed E-state index contributed by atoms with van der Waals surface area (Å²) in [5.74, 6) is 0.934. The molecule has 2 fully saturated rings. The first-order valence-corrected chi connectivity index (χ1v) is 9.19. The monoisotopic (exact) mass is 375 g/mol. The number of hydrogen-bond donors (Lipinski definition) is 0. The number of ether oxygens (including phenoxy) is 1. The van der Waals surface area contributed by atoms with Crippen molar-refractivity contribution < 1.29 is 4.74 Å². The first-order valence-electron chi connectivity index (χ1n) is 8.39. The molecule has 4 nitrogen and oxygen atoms in total. The maximum absolute atomic E-state index is 6.15. The highest BCUT2D eigenvalue weighted by Gasteiger charge is 2.38. The summed E-state index contributed by atoms with van der Waals surface area (Å²) < 4.78 is 9.03. The number of nitrogens with zero attached hydrogens (tertiary/aromatic N) is 3. The molecule has 0 saturated carbocycles. The lowest BCUT2D eigenvalue weighted by Gasteiger charge is -2.22. The molecule has 122 valence electrons. The molecule has 0 spiro atoms. The first kappa shape index (κ1) is 15.2. The molecule has 0 radical (unpaired) electrons. The number of aryl methyl sites for hydroxylation is 1. The molecule has 5 heteroatoms. The van der Waals surface area contributed by atoms with E-state index in [9.17, 15) is 0 Å². The van der Waals surface area contributed by atoms with Crippen LogP contribution in [0.2, 0.25) is 0 Å². The summed E-state index contributed by atoms with van der Waals surface area (Å²) >= 11 is 3.59. The van der Waals surface area contributed by atoms with E-state index in [1.165, 1.54) is 25.7 Å². The fourth-order valence-electron chi connectivity index (χ4n) is 4.15. The third kappa shape index (κ3) is 2.81. The predicted molar refractivity (Wildman–Crippen MR) is 94.6 cm³/mol. The van der Waals surface area contributed by atoms with Crippen molar-refractivity contribution in [3.8, 4) is 17.0 Å². The van der Waals surface area contributed by atoms with Crippen molar-refractivity contribution in [1.29, 1.82) is 0 Å². The van der Waals surface area contributed by atoms with Gasteiger partial charge in [-0.05, 0) is 53.7 Å². The zero-order valence-electron chi connectivity index (χ0n) is 13.4. The number of hydrogen-bond acceptors (Lipinski definition) is 3. The number of halogens is 1. The van der Waals surface area contributed by atoms with Crippen molar-refractivity contribution in [2.75, 3.05) is 13.2 Å². The highest BCUT2D eigenvalue weighted by Crippen LogP contribution is 2.37. The molecule has 0 atom stereocenters. The van der Waals surface area contributed by atoms with E-state index in [0.717, 1.165) is 46.7 Å². The second-order valence-electron chi connectivity index (χ2n) is 6.51. The summed E-state index contributed by atoms with van der Waals surface area (Å²) in [5.41, 5.74) is 2.14. The fourth-order valence-corrected chi connectivity index (χ4v) is 4.71. The highest BCUT2D eigenvalue weighted by molar-refractivity contribution is 9.10. The SMILES string of the molecule is Cn1ncc(Br)c1-c1ccccc1OCCN1C2CCC1CC2. The fraction of sp³-hybridized carbons (Fsp3) is 0.500. The number of benzene rings is 1. The average molecular weight is 376 g/mol. The van der Waals surface area contributed by atoms with E-state index in [1.54, 1.807) is 0 Å². The van der Waals surface area contributed by atoms with E-state index in [4.69, 9.17) is 4.74 Å². The second kappa shape index (κ2) is 6.29. The van der Waals surface area contributed by atoms with Crippen LogP contribution in [0.15, 0.2) is 34.9 Å². The predicted octanol–water partition coefficient (Wildman–Crippen LogP) is 3.86. The van der Waals surface area contributed by atoms with Crippen LogP contribution in [-0.2, 0) is 7.05 Å². The van der Waals surface area contributed by atoms with Crippen molar-refractivity contribution in [1.82, 2.24) is 14.7 Å². The van der Waals surface area contributed by atoms with E-state index >= 15 is 0 Å². The molecule has 3 heterocycles. The van der Waals surface area contributed by atoms with Gasteiger partial charge >= 0.3 is 0 Å². The van der Waals surface area contributed by atoms with Gasteiger partial charge in [-0.3, -0.25) is 9.58 Å². The zero-order chi connectivity index (χ0) is 15.8. The summed E-state index contributed by atoms with van der Waals surface area (Å²) in [6, 6.07) is 9.84. The Labute approximate surface area is 145 Å². The van der Waals surface area contributed by atoms with E-state index in [1.807, 2.05) is 36.1 Å². The number of fused-ring (bicyclic) bond motifs is 2. The Kier molecular flexibility index (Phi) is 4.16. The van der Waals surface area contributed by atoms with Gasteiger partial charge in [-0.1, -0.05) is 12.1 Å². The van der Waals surface area contributed by atoms with E-state index in [2.05, 4.69) is 32.0 Å². The van der Waals surface area contributed by atoms with Crippen molar-refractivity contribution in [2.24, 2.45) is 7.05 Å². The molecule has 1 aromatic heterocycles. The van der Waals surface area contributed by atoms with Gasteiger partial charge in [-0.2, -0.15) is 5.10 Å². The molecule has 23 heavy (non-hydrogen) atoms. The van der Waals surface area contributed by atoms with Gasteiger partial charge in [-0.15, -0.1) is 0 Å². The van der Waals surface area contributed by atoms with Crippen LogP contribution in [0.5, 0.6) is 5.75 Å². The third-order valence-corrected chi connectivity index (χ3v) is 5.83. The molecule has 0 amide bonds. The Morgan fingerprint density at radius 1 is 1.17 bits per heavy atom. The number of rotatable bonds is 5. The maximum atomic E-state index is 6.15. The Morgan fingerprint density at radius 3 is 2.52 bits per heavy atom. The normalized spacial score (nSPS) is 23.6. The van der Waals surface area contributed by atoms with E-state index < -0.39 is 0 Å². The van der Waals surface area contributed by atoms with Gasteiger partial charge in [0.2, 0.25) is 0 Å². The first-order chi connectivity index (χ1) is 11.2. The summed E-state index contributed by atoms with van der Waals surface area (Å²) in [6.45, 7) is 1.79. The van der Waals surface area contributed by atoms with Gasteiger partial charge in [0.1, 0.15) is 12.4 Å². The Balaban J connectivity index is 1.47. The lowest BCUT2D eigenvalue weighted by molar-refractivity contribution is 0.194. The molecule has 2 aliphatic heterocycles. The van der Waals surface area contributed by atoms with Crippen LogP contribution in [0.3, 0.4) is 0 Å². The molecule has 2 bridgehead atoms. The van der Waals surface area contributed by atoms with Gasteiger partial charge in [-0.25, -0.2) is 0 Å². The van der Waals surface area contributed by atoms with Gasteiger partial charge in [0.25, 0.3) is 0 Å². The minimum absolute atomic E-state index is 0.749. The molecule has 1 aromatic carbocycles. The largest absolute Gasteiger partial charge is 0.492 e. The van der Waals surface area contributed by atoms with Crippen LogP contribution in [-0.4, -0.2) is 39.9 Å². The number of para-hydroxylation sites is 1. The van der Waals surface area contributed by atoms with Gasteiger partial charge < -0.3 is 4.74 Å². The zero-order valence-corrected chi connectivity index (χ0v) is 15.0. The standard InChI is InChI=1S/C18H22BrN3O/c1-21-18(16(19)12-20-21)15-4-2-3-5-17(15)23-11-10-22-13-6-7-14(22)9-8-13/h2-5,12-14H,6-11H2,1H3. The topological polar surface area (TPSA) is 30.3 Å². The van der Waals surface area contributed by atoms with Crippen LogP contribution in [0.1, 0.15) is 25.7 Å². The molecule has 0 unspecified atom stereocenters. The molecule has 2 aromatic rings. The van der Waals surface area contributed by atoms with Crippen LogP contribution in [0.25, 0.3) is 11.3 Å². The van der Waals surface area contributed by atoms with E-state index in [0.29, 0.717) is 0 Å². The smallest absolute Gasteiger partial charge is 0.128 e. The number of aromatic nitrogens is 2. The van der Waals surface area contributed by atoms with Gasteiger partial charge in [0.15, 0.2) is 0 Å². The molecule has 2 saturated heterocycles. The Morgan fingerprint density at radius 2 is 1.87 bits per heavy atom. The van der Waals surface area contributed by atoms with Crippen molar-refractivity contribution in [3.05, 3.63) is 34.9 Å². The maximum Gasteiger partial charge on any atom is 0.128 e. The molecular weight excluding hydrogens is 354 g/mol. The lowest BCUT2D eigenvalue weighted by atomic mass is 10.0. The van der Waals surface area contributed by atoms with Crippen LogP contribution in [0.4, 0.5) is 0 Å². The Hall–Kier alpha value is -1.33. The summed E-state index contributed by atoms with van der Waals surface area (Å²) in [6.07, 6.45) is 7.34. The molecule has 2 aliphatic rings. The summed E-state index contributed by atoms with van der Waals surface area (Å²) in [5, 5.41) is 4.31. The van der Waals surface area contributed by atoms with Gasteiger partial charge in [0, 0.05) is 31.2 Å². The van der Waals surface area contributed by atoms with Crippen LogP contribution >= 0.6 is 15.9 Å². The van der Waals surface area contributed by atoms with Crippen LogP contribution < -0.4 is 4.74 Å². The van der Waals surface area contributed by atoms with E-state index in [-0.39, 0.29) is 0 Å². The highest BCUT2D eigenvalue weighted by atomic mass is 79.9. The Bertz CT molecular complexity index is 660. The quantitative estimate of drug-likeness (QED) is 0.794. The minimum atomic E-state index is 0.749. The lowest BCUT2D eigenvalue weighted by Crippen LogP contribution is -2.32. The third-order valence-electron chi connectivity index (χ3n) is 5.25. The molecule has 0 N–H and O–H groups in total. The van der Waals surface area contributed by atoms with Crippen molar-refractivity contribution in [3.63, 3.8) is 0 Å². The summed E-state index contributed by atoms with van der Waals surface area (Å²) in [4.78, 5) is 2.66. The molecule has 0 aliphatic carbocycles. The van der Waals surface area contributed by atoms with Gasteiger partial charge in [0.05, 0.1) is 16.4 Å². The average Bonchev–Trinajstić information content (AvgIpc) is 3.23. The van der Waals surface area contributed by atoms with Crippen LogP contribution in [0, 0.1) is 0 Å². The molecular formula is C18H22BrN3O. The molecule has 4 rings (SSSR count). The van der Waals surface area contributed by atoms with Crippen molar-refractivity contribution >= 4 is 15.9 Å². The second-order valence-corrected chi connectivity index (χ2v) is 7.36. The van der Waals surface area contributed by atoms with Crippen molar-refractivity contribution in [2.45, 2.75) is 37.8 Å². The summed E-state index contributed by atoms with van der Waals surface area (Å²) in [7, 11) is 1.96. The minimum Gasteiger partial charge on any atom is -0.492 e.